The summed E-state index contributed by atoms with van der Waals surface area (Å²) in [7, 11) is 0. The Bertz CT molecular complexity index is 1540. The maximum absolute atomic E-state index is 13.3. The third kappa shape index (κ3) is 7.41. The van der Waals surface area contributed by atoms with Crippen molar-refractivity contribution in [2.24, 2.45) is 0 Å². The highest BCUT2D eigenvalue weighted by atomic mass is 35.5. The van der Waals surface area contributed by atoms with Gasteiger partial charge in [-0.15, -0.1) is 0 Å². The molecule has 0 bridgehead atoms. The van der Waals surface area contributed by atoms with Crippen molar-refractivity contribution in [2.75, 3.05) is 13.4 Å². The van der Waals surface area contributed by atoms with E-state index < -0.39 is 72.9 Å². The summed E-state index contributed by atoms with van der Waals surface area (Å²) in [4.78, 5) is 12.9. The highest BCUT2D eigenvalue weighted by Gasteiger charge is 2.53. The van der Waals surface area contributed by atoms with E-state index in [0.717, 1.165) is 6.07 Å². The molecule has 47 heavy (non-hydrogen) atoms. The van der Waals surface area contributed by atoms with Gasteiger partial charge in [0.15, 0.2) is 11.5 Å². The number of fused-ring (bicyclic) bond motifs is 1. The van der Waals surface area contributed by atoms with Crippen molar-refractivity contribution in [3.05, 3.63) is 69.5 Å². The van der Waals surface area contributed by atoms with Gasteiger partial charge in [0, 0.05) is 5.57 Å². The number of amides is 1. The number of hydrogen-bond acceptors (Lipinski definition) is 12. The number of halogens is 2. The minimum Gasteiger partial charge on any atom is -0.504 e. The fourth-order valence-electron chi connectivity index (χ4n) is 5.62. The first kappa shape index (κ1) is 35.0. The first-order valence-electron chi connectivity index (χ1n) is 14.8. The Hall–Kier alpha value is -3.31. The molecule has 5 rings (SSSR count). The fourth-order valence-corrected chi connectivity index (χ4v) is 5.84. The molecule has 1 amide bonds. The van der Waals surface area contributed by atoms with Crippen molar-refractivity contribution < 1.29 is 63.5 Å². The smallest absolute Gasteiger partial charge is 0.247 e. The van der Waals surface area contributed by atoms with E-state index in [-0.39, 0.29) is 41.2 Å². The van der Waals surface area contributed by atoms with Gasteiger partial charge in [0.05, 0.1) is 11.1 Å². The molecular formula is C32H37ClFNO12. The average molecular weight is 682 g/mol. The summed E-state index contributed by atoms with van der Waals surface area (Å²) >= 11 is 6.02. The van der Waals surface area contributed by atoms with E-state index in [9.17, 15) is 39.8 Å². The second kappa shape index (κ2) is 14.4. The van der Waals surface area contributed by atoms with Crippen molar-refractivity contribution in [1.82, 2.24) is 5.32 Å². The van der Waals surface area contributed by atoms with E-state index in [4.69, 9.17) is 35.3 Å². The van der Waals surface area contributed by atoms with Crippen molar-refractivity contribution in [3.63, 3.8) is 0 Å². The quantitative estimate of drug-likeness (QED) is 0.148. The molecule has 1 aliphatic carbocycles. The first-order valence-corrected chi connectivity index (χ1v) is 15.2. The zero-order chi connectivity index (χ0) is 34.2. The predicted octanol–water partition coefficient (Wildman–Crippen LogP) is 1.15. The lowest BCUT2D eigenvalue weighted by Crippen LogP contribution is -2.67. The minimum atomic E-state index is -1.51. The highest BCUT2D eigenvalue weighted by molar-refractivity contribution is 6.32. The summed E-state index contributed by atoms with van der Waals surface area (Å²) < 4.78 is 41.0. The van der Waals surface area contributed by atoms with Crippen LogP contribution in [0.3, 0.4) is 0 Å². The van der Waals surface area contributed by atoms with Crippen LogP contribution in [-0.4, -0.2) is 111 Å². The van der Waals surface area contributed by atoms with Crippen LogP contribution in [0, 0.1) is 5.82 Å². The second-order valence-corrected chi connectivity index (χ2v) is 12.2. The summed E-state index contributed by atoms with van der Waals surface area (Å²) in [5.41, 5.74) is 1.77. The molecule has 2 saturated heterocycles. The van der Waals surface area contributed by atoms with E-state index >= 15 is 0 Å². The van der Waals surface area contributed by atoms with Gasteiger partial charge < -0.3 is 59.6 Å². The number of phenols is 1. The maximum atomic E-state index is 13.3. The van der Waals surface area contributed by atoms with Crippen LogP contribution in [0.25, 0.3) is 6.08 Å². The van der Waals surface area contributed by atoms with Gasteiger partial charge in [0.2, 0.25) is 12.2 Å². The number of carbonyl (C=O) groups is 1. The van der Waals surface area contributed by atoms with Crippen LogP contribution in [0.5, 0.6) is 17.2 Å². The largest absolute Gasteiger partial charge is 0.504 e. The molecule has 0 radical (unpaired) electrons. The molecule has 13 nitrogen and oxygen atoms in total. The molecule has 15 heteroatoms. The van der Waals surface area contributed by atoms with Crippen molar-refractivity contribution >= 4 is 23.6 Å². The number of aliphatic hydroxyl groups excluding tert-OH is 5. The van der Waals surface area contributed by atoms with E-state index in [0.29, 0.717) is 16.7 Å². The molecule has 256 valence electrons. The van der Waals surface area contributed by atoms with Gasteiger partial charge >= 0.3 is 0 Å². The molecule has 3 fully saturated rings. The number of rotatable bonds is 9. The molecule has 2 heterocycles. The molecular weight excluding hydrogens is 645 g/mol. The Morgan fingerprint density at radius 2 is 1.64 bits per heavy atom. The lowest BCUT2D eigenvalue weighted by Gasteiger charge is -2.41. The van der Waals surface area contributed by atoms with Gasteiger partial charge in [-0.1, -0.05) is 17.7 Å². The van der Waals surface area contributed by atoms with Gasteiger partial charge in [0.25, 0.3) is 0 Å². The molecule has 7 N–H and O–H groups in total. The van der Waals surface area contributed by atoms with E-state index in [1.54, 1.807) is 13.8 Å². The number of hydrogen-bond donors (Lipinski definition) is 7. The molecule has 2 aromatic rings. The molecule has 0 unspecified atom stereocenters. The Morgan fingerprint density at radius 3 is 2.32 bits per heavy atom. The van der Waals surface area contributed by atoms with E-state index in [1.807, 2.05) is 0 Å². The standard InChI is InChI=1S/C32H37ClFNO12/c1-13(31(42)35-22-23(37)25(39)30-29(24(22)38)44-12-45-30)8-16-4-6-21(19(36)9-16)46-32-27(41)26(40)28(47-32)15(3)14(2)11-43-20-7-5-17(34)10-18(20)33/h4-10,22-30,32,36-41H,11-12H2,1-3H3,(H,35,42)/b13-8+,15-14-/t22-,23+,24-,25-,26+,27+,28-,29+,30-,32-/m1/s1. The van der Waals surface area contributed by atoms with Crippen molar-refractivity contribution in [3.8, 4) is 17.2 Å². The lowest BCUT2D eigenvalue weighted by atomic mass is 9.83. The molecule has 1 saturated carbocycles. The summed E-state index contributed by atoms with van der Waals surface area (Å²) in [5.74, 6) is -1.29. The highest BCUT2D eigenvalue weighted by Crippen LogP contribution is 2.35. The Balaban J connectivity index is 1.20. The van der Waals surface area contributed by atoms with E-state index in [1.165, 1.54) is 43.3 Å². The summed E-state index contributed by atoms with van der Waals surface area (Å²) in [6.07, 6.45) is -9.77. The first-order chi connectivity index (χ1) is 22.3. The number of aliphatic hydroxyl groups is 5. The number of phenolic OH excluding ortho intramolecular Hbond substituents is 1. The van der Waals surface area contributed by atoms with Crippen molar-refractivity contribution in [2.45, 2.75) is 81.9 Å². The summed E-state index contributed by atoms with van der Waals surface area (Å²) in [5, 5.41) is 66.0. The van der Waals surface area contributed by atoms with E-state index in [2.05, 4.69) is 5.32 Å². The Morgan fingerprint density at radius 1 is 0.957 bits per heavy atom. The van der Waals surface area contributed by atoms with Gasteiger partial charge in [-0.25, -0.2) is 4.39 Å². The zero-order valence-corrected chi connectivity index (χ0v) is 26.4. The number of ether oxygens (including phenoxy) is 5. The normalized spacial score (nSPS) is 32.9. The Kier molecular flexibility index (Phi) is 10.8. The number of carbonyl (C=O) groups excluding carboxylic acids is 1. The molecule has 3 aliphatic rings. The van der Waals surface area contributed by atoms with Crippen LogP contribution in [0.15, 0.2) is 53.1 Å². The predicted molar refractivity (Wildman–Crippen MR) is 163 cm³/mol. The van der Waals surface area contributed by atoms with Crippen LogP contribution in [0.4, 0.5) is 4.39 Å². The molecule has 0 spiro atoms. The number of nitrogens with one attached hydrogen (secondary N) is 1. The van der Waals surface area contributed by atoms with Crippen LogP contribution in [-0.2, 0) is 19.0 Å². The summed E-state index contributed by atoms with van der Waals surface area (Å²) in [6.45, 7) is 4.80. The maximum Gasteiger partial charge on any atom is 0.247 e. The lowest BCUT2D eigenvalue weighted by molar-refractivity contribution is -0.155. The van der Waals surface area contributed by atoms with Gasteiger partial charge in [-0.3, -0.25) is 4.79 Å². The van der Waals surface area contributed by atoms with Crippen LogP contribution >= 0.6 is 11.6 Å². The van der Waals surface area contributed by atoms with Crippen LogP contribution < -0.4 is 14.8 Å². The SMILES string of the molecule is C/C(COc1ccc(F)cc1Cl)=C(\C)[C@H]1O[C@@H](Oc2ccc(/C=C(\C)C(=O)N[C@@H]3[C@H](O)[C@@H](O)[C@H]4OCO[C@H]4[C@@H]3O)cc2O)[C@@H](O)[C@@H]1O. The zero-order valence-electron chi connectivity index (χ0n) is 25.6. The van der Waals surface area contributed by atoms with Crippen LogP contribution in [0.2, 0.25) is 5.02 Å². The molecule has 2 aliphatic heterocycles. The second-order valence-electron chi connectivity index (χ2n) is 11.8. The van der Waals surface area contributed by atoms with Crippen LogP contribution in [0.1, 0.15) is 26.3 Å². The average Bonchev–Trinajstić information content (AvgIpc) is 3.64. The third-order valence-electron chi connectivity index (χ3n) is 8.53. The topological polar surface area (TPSA) is 197 Å². The van der Waals surface area contributed by atoms with Gasteiger partial charge in [-0.2, -0.15) is 0 Å². The minimum absolute atomic E-state index is 0.0483. The molecule has 10 atom stereocenters. The molecule has 0 aromatic heterocycles. The van der Waals surface area contributed by atoms with Crippen molar-refractivity contribution in [1.29, 1.82) is 0 Å². The van der Waals surface area contributed by atoms with Gasteiger partial charge in [-0.05, 0) is 73.9 Å². The number of benzene rings is 2. The molecule has 2 aromatic carbocycles. The monoisotopic (exact) mass is 681 g/mol. The Labute approximate surface area is 274 Å². The van der Waals surface area contributed by atoms with Gasteiger partial charge in [0.1, 0.15) is 73.8 Å². The fraction of sp³-hybridized carbons (Fsp3) is 0.469. The summed E-state index contributed by atoms with van der Waals surface area (Å²) in [6, 6.07) is 6.72. The third-order valence-corrected chi connectivity index (χ3v) is 8.82. The number of aromatic hydroxyl groups is 1.